The van der Waals surface area contributed by atoms with E-state index in [1.165, 1.54) is 17.5 Å². The van der Waals surface area contributed by atoms with E-state index < -0.39 is 6.16 Å². The van der Waals surface area contributed by atoms with E-state index in [0.29, 0.717) is 12.6 Å². The smallest absolute Gasteiger partial charge is 0.493 e. The van der Waals surface area contributed by atoms with E-state index in [1.807, 2.05) is 18.2 Å². The van der Waals surface area contributed by atoms with E-state index in [4.69, 9.17) is 9.84 Å². The molecule has 0 saturated carbocycles. The molecule has 2 aromatic carbocycles. The molecule has 0 atom stereocenters. The molecule has 0 radical (unpaired) electrons. The number of nitrogens with zero attached hydrogens (tertiary/aromatic N) is 1. The van der Waals surface area contributed by atoms with Crippen molar-refractivity contribution < 1.29 is 19.4 Å². The van der Waals surface area contributed by atoms with Crippen LogP contribution in [-0.4, -0.2) is 35.4 Å². The van der Waals surface area contributed by atoms with Gasteiger partial charge in [-0.25, -0.2) is 9.78 Å². The van der Waals surface area contributed by atoms with Gasteiger partial charge in [0.15, 0.2) is 0 Å². The minimum atomic E-state index is -1.38. The van der Waals surface area contributed by atoms with Gasteiger partial charge in [-0.3, -0.25) is 0 Å². The molecule has 39 heavy (non-hydrogen) atoms. The molecule has 1 aromatic heterocycles. The summed E-state index contributed by atoms with van der Waals surface area (Å²) in [5, 5.41) is 12.3. The highest BCUT2D eigenvalue weighted by molar-refractivity contribution is 5.78. The van der Waals surface area contributed by atoms with Gasteiger partial charge < -0.3 is 19.9 Å². The molecule has 208 valence electrons. The van der Waals surface area contributed by atoms with Gasteiger partial charge in [0, 0.05) is 29.4 Å². The summed E-state index contributed by atoms with van der Waals surface area (Å²) >= 11 is 0. The zero-order valence-corrected chi connectivity index (χ0v) is 24.1. The van der Waals surface area contributed by atoms with Gasteiger partial charge in [-0.15, -0.1) is 0 Å². The Morgan fingerprint density at radius 2 is 1.62 bits per heavy atom. The Morgan fingerprint density at radius 3 is 2.28 bits per heavy atom. The number of hydrogen-bond donors (Lipinski definition) is 2. The number of hydrogen-bond acceptors (Lipinski definition) is 5. The Hall–Kier alpha value is -3.38. The molecule has 1 aliphatic carbocycles. The standard InChI is InChI=1S/C33H42N2O4/c1-22(2)34-17-7-8-18-38-29-13-10-23(25-11-14-30(35-21-25)39-31(36)37)19-26(29)24-9-12-27-28(20-24)33(5,6)16-15-32(27,3)4/h9-14,19-22,34H,7-8,15-18H2,1-6H3,(H,36,37). The van der Waals surface area contributed by atoms with E-state index in [9.17, 15) is 4.79 Å². The van der Waals surface area contributed by atoms with Crippen molar-refractivity contribution in [3.63, 3.8) is 0 Å². The molecule has 0 fully saturated rings. The topological polar surface area (TPSA) is 80.7 Å². The fourth-order valence-electron chi connectivity index (χ4n) is 5.32. The van der Waals surface area contributed by atoms with Gasteiger partial charge >= 0.3 is 6.16 Å². The Balaban J connectivity index is 1.68. The van der Waals surface area contributed by atoms with Crippen molar-refractivity contribution in [1.82, 2.24) is 10.3 Å². The van der Waals surface area contributed by atoms with Crippen molar-refractivity contribution in [2.75, 3.05) is 13.2 Å². The van der Waals surface area contributed by atoms with Gasteiger partial charge in [-0.05, 0) is 83.5 Å². The molecule has 0 amide bonds. The van der Waals surface area contributed by atoms with Crippen molar-refractivity contribution in [2.45, 2.75) is 84.1 Å². The van der Waals surface area contributed by atoms with Gasteiger partial charge in [-0.1, -0.05) is 65.8 Å². The van der Waals surface area contributed by atoms with Crippen LogP contribution in [0.2, 0.25) is 0 Å². The molecule has 1 aliphatic rings. The van der Waals surface area contributed by atoms with Crippen LogP contribution in [0.3, 0.4) is 0 Å². The lowest BCUT2D eigenvalue weighted by Gasteiger charge is -2.42. The maximum atomic E-state index is 10.8. The lowest BCUT2D eigenvalue weighted by atomic mass is 9.63. The van der Waals surface area contributed by atoms with Crippen LogP contribution in [0.4, 0.5) is 4.79 Å². The molecule has 0 saturated heterocycles. The fraction of sp³-hybridized carbons (Fsp3) is 0.455. The SMILES string of the molecule is CC(C)NCCCCOc1ccc(-c2ccc(OC(=O)O)nc2)cc1-c1ccc2c(c1)C(C)(C)CCC2(C)C. The second-order valence-electron chi connectivity index (χ2n) is 12.2. The third kappa shape index (κ3) is 6.99. The molecular formula is C33H42N2O4. The van der Waals surface area contributed by atoms with E-state index in [1.54, 1.807) is 12.3 Å². The molecule has 0 spiro atoms. The second kappa shape index (κ2) is 11.8. The summed E-state index contributed by atoms with van der Waals surface area (Å²) in [7, 11) is 0. The normalized spacial score (nSPS) is 15.6. The summed E-state index contributed by atoms with van der Waals surface area (Å²) in [5.41, 5.74) is 7.12. The number of pyridine rings is 1. The Bertz CT molecular complexity index is 1300. The number of fused-ring (bicyclic) bond motifs is 1. The largest absolute Gasteiger partial charge is 0.512 e. The monoisotopic (exact) mass is 530 g/mol. The second-order valence-corrected chi connectivity index (χ2v) is 12.2. The molecule has 6 heteroatoms. The Kier molecular flexibility index (Phi) is 8.65. The predicted octanol–water partition coefficient (Wildman–Crippen LogP) is 7.98. The van der Waals surface area contributed by atoms with Gasteiger partial charge in [0.25, 0.3) is 0 Å². The fourth-order valence-corrected chi connectivity index (χ4v) is 5.32. The van der Waals surface area contributed by atoms with E-state index >= 15 is 0 Å². The molecule has 4 rings (SSSR count). The molecular weight excluding hydrogens is 488 g/mol. The van der Waals surface area contributed by atoms with Crippen LogP contribution < -0.4 is 14.8 Å². The van der Waals surface area contributed by atoms with Crippen LogP contribution in [0.1, 0.15) is 78.4 Å². The van der Waals surface area contributed by atoms with Crippen LogP contribution in [0.15, 0.2) is 54.7 Å². The zero-order valence-electron chi connectivity index (χ0n) is 24.1. The maximum Gasteiger partial charge on any atom is 0.512 e. The number of ether oxygens (including phenoxy) is 2. The van der Waals surface area contributed by atoms with E-state index in [2.05, 4.69) is 80.8 Å². The van der Waals surface area contributed by atoms with Gasteiger partial charge in [-0.2, -0.15) is 0 Å². The first-order chi connectivity index (χ1) is 18.5. The van der Waals surface area contributed by atoms with Crippen molar-refractivity contribution in [3.05, 3.63) is 65.9 Å². The van der Waals surface area contributed by atoms with Gasteiger partial charge in [0.1, 0.15) is 5.75 Å². The van der Waals surface area contributed by atoms with Crippen LogP contribution in [-0.2, 0) is 10.8 Å². The number of nitrogens with one attached hydrogen (secondary N) is 1. The highest BCUT2D eigenvalue weighted by atomic mass is 16.7. The Labute approximate surface area is 232 Å². The maximum absolute atomic E-state index is 10.8. The average molecular weight is 531 g/mol. The number of benzene rings is 2. The first-order valence-corrected chi connectivity index (χ1v) is 14.0. The quantitative estimate of drug-likeness (QED) is 0.204. The molecule has 6 nitrogen and oxygen atoms in total. The van der Waals surface area contributed by atoms with Crippen molar-refractivity contribution in [2.24, 2.45) is 0 Å². The number of carbonyl (C=O) groups is 1. The summed E-state index contributed by atoms with van der Waals surface area (Å²) in [6.07, 6.45) is 4.62. The van der Waals surface area contributed by atoms with E-state index in [0.717, 1.165) is 53.8 Å². The molecule has 3 aromatic rings. The summed E-state index contributed by atoms with van der Waals surface area (Å²) < 4.78 is 11.0. The molecule has 1 heterocycles. The number of aromatic nitrogens is 1. The number of unbranched alkanes of at least 4 members (excludes halogenated alkanes) is 1. The summed E-state index contributed by atoms with van der Waals surface area (Å²) in [5.74, 6) is 0.917. The molecule has 2 N–H and O–H groups in total. The number of rotatable bonds is 10. The highest BCUT2D eigenvalue weighted by Crippen LogP contribution is 2.47. The Morgan fingerprint density at radius 1 is 0.923 bits per heavy atom. The summed E-state index contributed by atoms with van der Waals surface area (Å²) in [6, 6.07) is 17.0. The first kappa shape index (κ1) is 28.6. The van der Waals surface area contributed by atoms with Crippen molar-refractivity contribution in [3.8, 4) is 33.9 Å². The summed E-state index contributed by atoms with van der Waals surface area (Å²) in [6.45, 7) is 15.3. The number of carboxylic acid groups (broad SMARTS) is 1. The van der Waals surface area contributed by atoms with E-state index in [-0.39, 0.29) is 16.7 Å². The van der Waals surface area contributed by atoms with Crippen LogP contribution in [0.5, 0.6) is 11.6 Å². The molecule has 0 aliphatic heterocycles. The first-order valence-electron chi connectivity index (χ1n) is 14.0. The lowest BCUT2D eigenvalue weighted by Crippen LogP contribution is -2.33. The minimum Gasteiger partial charge on any atom is -0.493 e. The lowest BCUT2D eigenvalue weighted by molar-refractivity contribution is 0.142. The van der Waals surface area contributed by atoms with Crippen molar-refractivity contribution in [1.29, 1.82) is 0 Å². The summed E-state index contributed by atoms with van der Waals surface area (Å²) in [4.78, 5) is 15.0. The third-order valence-electron chi connectivity index (χ3n) is 7.79. The minimum absolute atomic E-state index is 0.0536. The molecule has 0 bridgehead atoms. The zero-order chi connectivity index (χ0) is 28.2. The predicted molar refractivity (Wildman–Crippen MR) is 157 cm³/mol. The van der Waals surface area contributed by atoms with Crippen LogP contribution in [0.25, 0.3) is 22.3 Å². The van der Waals surface area contributed by atoms with Gasteiger partial charge in [0.05, 0.1) is 6.61 Å². The third-order valence-corrected chi connectivity index (χ3v) is 7.79. The average Bonchev–Trinajstić information content (AvgIpc) is 2.89. The molecule has 0 unspecified atom stereocenters. The van der Waals surface area contributed by atoms with Gasteiger partial charge in [0.2, 0.25) is 5.88 Å². The van der Waals surface area contributed by atoms with Crippen LogP contribution >= 0.6 is 0 Å². The van der Waals surface area contributed by atoms with Crippen LogP contribution in [0, 0.1) is 0 Å². The highest BCUT2D eigenvalue weighted by Gasteiger charge is 2.37. The van der Waals surface area contributed by atoms with Crippen molar-refractivity contribution >= 4 is 6.16 Å².